The van der Waals surface area contributed by atoms with E-state index in [-0.39, 0.29) is 9.92 Å². The summed E-state index contributed by atoms with van der Waals surface area (Å²) in [4.78, 5) is 2.14. The topological polar surface area (TPSA) is 52.6 Å². The summed E-state index contributed by atoms with van der Waals surface area (Å²) in [5.74, 6) is -0.553. The molecule has 1 saturated heterocycles. The second-order valence-corrected chi connectivity index (χ2v) is 7.41. The number of likely N-dealkylation sites (N-methyl/N-ethyl adjacent to an activating group) is 1. The van der Waals surface area contributed by atoms with Gasteiger partial charge >= 0.3 is 0 Å². The quantitative estimate of drug-likeness (QED) is 0.872. The number of rotatable bonds is 5. The van der Waals surface area contributed by atoms with Crippen LogP contribution in [0.25, 0.3) is 0 Å². The highest BCUT2D eigenvalue weighted by Gasteiger charge is 2.24. The third kappa shape index (κ3) is 4.14. The molecule has 1 aliphatic rings. The first-order chi connectivity index (χ1) is 9.91. The fraction of sp³-hybridized carbons (Fsp3) is 0.538. The van der Waals surface area contributed by atoms with E-state index in [1.165, 1.54) is 17.4 Å². The molecule has 8 heteroatoms. The maximum atomic E-state index is 13.0. The molecule has 1 aromatic rings. The van der Waals surface area contributed by atoms with Gasteiger partial charge < -0.3 is 5.32 Å². The van der Waals surface area contributed by atoms with Crippen LogP contribution in [0.1, 0.15) is 0 Å². The Morgan fingerprint density at radius 1 is 1.38 bits per heavy atom. The van der Waals surface area contributed by atoms with Crippen molar-refractivity contribution in [2.45, 2.75) is 4.90 Å². The summed E-state index contributed by atoms with van der Waals surface area (Å²) in [6.07, 6.45) is 0. The summed E-state index contributed by atoms with van der Waals surface area (Å²) in [6, 6.07) is 3.32. The van der Waals surface area contributed by atoms with Crippen LogP contribution in [0.3, 0.4) is 0 Å². The Labute approximate surface area is 129 Å². The van der Waals surface area contributed by atoms with Gasteiger partial charge in [-0.1, -0.05) is 11.6 Å². The molecule has 1 heterocycles. The van der Waals surface area contributed by atoms with E-state index in [4.69, 9.17) is 11.6 Å². The van der Waals surface area contributed by atoms with E-state index >= 15 is 0 Å². The Morgan fingerprint density at radius 3 is 2.67 bits per heavy atom. The molecule has 118 valence electrons. The first-order valence-corrected chi connectivity index (χ1v) is 8.57. The lowest BCUT2D eigenvalue weighted by molar-refractivity contribution is 0.229. The summed E-state index contributed by atoms with van der Waals surface area (Å²) in [7, 11) is -2.18. The van der Waals surface area contributed by atoms with Gasteiger partial charge in [-0.2, -0.15) is 4.31 Å². The third-order valence-electron chi connectivity index (χ3n) is 3.52. The number of halogens is 2. The Bertz CT molecular complexity index is 591. The number of hydrogen-bond donors (Lipinski definition) is 1. The highest BCUT2D eigenvalue weighted by atomic mass is 35.5. The monoisotopic (exact) mass is 335 g/mol. The van der Waals surface area contributed by atoms with Crippen molar-refractivity contribution in [2.24, 2.45) is 0 Å². The smallest absolute Gasteiger partial charge is 0.244 e. The lowest BCUT2D eigenvalue weighted by atomic mass is 10.3. The van der Waals surface area contributed by atoms with Gasteiger partial charge in [-0.05, 0) is 18.2 Å². The lowest BCUT2D eigenvalue weighted by Crippen LogP contribution is -2.46. The molecule has 0 atom stereocenters. The average molecular weight is 336 g/mol. The maximum Gasteiger partial charge on any atom is 0.244 e. The molecule has 0 bridgehead atoms. The minimum Gasteiger partial charge on any atom is -0.314 e. The molecule has 1 fully saturated rings. The van der Waals surface area contributed by atoms with E-state index in [2.05, 4.69) is 10.2 Å². The Hall–Kier alpha value is -0.730. The number of nitrogens with one attached hydrogen (secondary N) is 1. The third-order valence-corrected chi connectivity index (χ3v) is 5.86. The highest BCUT2D eigenvalue weighted by molar-refractivity contribution is 7.89. The van der Waals surface area contributed by atoms with Crippen molar-refractivity contribution in [1.82, 2.24) is 14.5 Å². The zero-order valence-corrected chi connectivity index (χ0v) is 13.4. The van der Waals surface area contributed by atoms with Crippen LogP contribution >= 0.6 is 11.6 Å². The maximum absolute atomic E-state index is 13.0. The van der Waals surface area contributed by atoms with Gasteiger partial charge in [0.15, 0.2) is 0 Å². The Morgan fingerprint density at radius 2 is 2.05 bits per heavy atom. The van der Waals surface area contributed by atoms with Gasteiger partial charge in [0.25, 0.3) is 0 Å². The normalized spacial score (nSPS) is 17.3. The van der Waals surface area contributed by atoms with Gasteiger partial charge in [0.1, 0.15) is 10.7 Å². The molecule has 1 N–H and O–H groups in total. The molecule has 0 spiro atoms. The van der Waals surface area contributed by atoms with E-state index in [0.29, 0.717) is 13.1 Å². The van der Waals surface area contributed by atoms with Gasteiger partial charge in [0, 0.05) is 46.3 Å². The molecule has 0 unspecified atom stereocenters. The van der Waals surface area contributed by atoms with E-state index in [1.54, 1.807) is 0 Å². The number of piperazine rings is 1. The van der Waals surface area contributed by atoms with Gasteiger partial charge in [0.2, 0.25) is 10.0 Å². The van der Waals surface area contributed by atoms with E-state index in [1.807, 2.05) is 0 Å². The van der Waals surface area contributed by atoms with Crippen LogP contribution in [0.15, 0.2) is 23.1 Å². The lowest BCUT2D eigenvalue weighted by Gasteiger charge is -2.28. The summed E-state index contributed by atoms with van der Waals surface area (Å²) in [6.45, 7) is 4.68. The molecular weight excluding hydrogens is 317 g/mol. The van der Waals surface area contributed by atoms with Crippen LogP contribution < -0.4 is 5.32 Å². The molecule has 1 aromatic carbocycles. The van der Waals surface area contributed by atoms with Gasteiger partial charge in [-0.25, -0.2) is 12.8 Å². The minimum atomic E-state index is -3.69. The summed E-state index contributed by atoms with van der Waals surface area (Å²) >= 11 is 5.84. The molecule has 2 rings (SSSR count). The standard InChI is InChI=1S/C13H19ClFN3O2S/c1-17(8-9-18-6-4-16-5-7-18)21(19,20)13-3-2-11(15)10-12(13)14/h2-3,10,16H,4-9H2,1H3. The molecular formula is C13H19ClFN3O2S. The van der Waals surface area contributed by atoms with Crippen LogP contribution in [0.5, 0.6) is 0 Å². The Kier molecular flexibility index (Phi) is 5.56. The average Bonchev–Trinajstić information content (AvgIpc) is 2.45. The fourth-order valence-electron chi connectivity index (χ4n) is 2.19. The molecule has 0 saturated carbocycles. The summed E-state index contributed by atoms with van der Waals surface area (Å²) in [5, 5.41) is 3.15. The summed E-state index contributed by atoms with van der Waals surface area (Å²) < 4.78 is 39.1. The molecule has 21 heavy (non-hydrogen) atoms. The number of hydrogen-bond acceptors (Lipinski definition) is 4. The van der Waals surface area contributed by atoms with E-state index < -0.39 is 15.8 Å². The van der Waals surface area contributed by atoms with Crippen molar-refractivity contribution in [3.8, 4) is 0 Å². The molecule has 1 aliphatic heterocycles. The van der Waals surface area contributed by atoms with E-state index in [9.17, 15) is 12.8 Å². The highest BCUT2D eigenvalue weighted by Crippen LogP contribution is 2.24. The zero-order chi connectivity index (χ0) is 15.5. The second-order valence-electron chi connectivity index (χ2n) is 4.99. The predicted octanol–water partition coefficient (Wildman–Crippen LogP) is 1.00. The van der Waals surface area contributed by atoms with Crippen LogP contribution in [0.4, 0.5) is 4.39 Å². The first kappa shape index (κ1) is 16.6. The van der Waals surface area contributed by atoms with Crippen molar-refractivity contribution < 1.29 is 12.8 Å². The fourth-order valence-corrected chi connectivity index (χ4v) is 3.85. The van der Waals surface area contributed by atoms with Crippen molar-refractivity contribution in [2.75, 3.05) is 46.3 Å². The Balaban J connectivity index is 2.04. The van der Waals surface area contributed by atoms with Gasteiger partial charge in [-0.3, -0.25) is 4.90 Å². The molecule has 0 amide bonds. The second kappa shape index (κ2) is 7.02. The van der Waals surface area contributed by atoms with E-state index in [0.717, 1.165) is 38.3 Å². The van der Waals surface area contributed by atoms with Crippen LogP contribution in [0, 0.1) is 5.82 Å². The van der Waals surface area contributed by atoms with Crippen LogP contribution in [-0.4, -0.2) is 63.9 Å². The molecule has 0 radical (unpaired) electrons. The number of sulfonamides is 1. The molecule has 5 nitrogen and oxygen atoms in total. The van der Waals surface area contributed by atoms with Gasteiger partial charge in [-0.15, -0.1) is 0 Å². The number of benzene rings is 1. The van der Waals surface area contributed by atoms with Crippen molar-refractivity contribution >= 4 is 21.6 Å². The number of nitrogens with zero attached hydrogens (tertiary/aromatic N) is 2. The molecule has 0 aromatic heterocycles. The van der Waals surface area contributed by atoms with Crippen molar-refractivity contribution in [1.29, 1.82) is 0 Å². The summed E-state index contributed by atoms with van der Waals surface area (Å²) in [5.41, 5.74) is 0. The van der Waals surface area contributed by atoms with Crippen molar-refractivity contribution in [3.05, 3.63) is 29.0 Å². The SMILES string of the molecule is CN(CCN1CCNCC1)S(=O)(=O)c1ccc(F)cc1Cl. The largest absolute Gasteiger partial charge is 0.314 e. The predicted molar refractivity (Wildman–Crippen MR) is 80.5 cm³/mol. The minimum absolute atomic E-state index is 0.0617. The molecule has 0 aliphatic carbocycles. The van der Waals surface area contributed by atoms with Crippen LogP contribution in [0.2, 0.25) is 5.02 Å². The zero-order valence-electron chi connectivity index (χ0n) is 11.8. The van der Waals surface area contributed by atoms with Crippen LogP contribution in [-0.2, 0) is 10.0 Å². The van der Waals surface area contributed by atoms with Gasteiger partial charge in [0.05, 0.1) is 5.02 Å². The van der Waals surface area contributed by atoms with Crippen molar-refractivity contribution in [3.63, 3.8) is 0 Å². The first-order valence-electron chi connectivity index (χ1n) is 6.76.